The maximum absolute atomic E-state index is 11.3. The zero-order valence-corrected chi connectivity index (χ0v) is 12.0. The van der Waals surface area contributed by atoms with Crippen molar-refractivity contribution in [2.45, 2.75) is 38.9 Å². The van der Waals surface area contributed by atoms with Crippen LogP contribution in [-0.2, 0) is 9.31 Å². The van der Waals surface area contributed by atoms with Gasteiger partial charge in [0.25, 0.3) is 0 Å². The molecule has 0 spiro atoms. The maximum Gasteiger partial charge on any atom is 0.495 e. The van der Waals surface area contributed by atoms with E-state index in [9.17, 15) is 4.79 Å². The van der Waals surface area contributed by atoms with Crippen molar-refractivity contribution < 1.29 is 18.8 Å². The summed E-state index contributed by atoms with van der Waals surface area (Å²) in [6.07, 6.45) is 0.777. The molecule has 0 amide bonds. The molecular formula is C14H19BO4. The Morgan fingerprint density at radius 3 is 2.21 bits per heavy atom. The number of ether oxygens (including phenoxy) is 1. The van der Waals surface area contributed by atoms with Gasteiger partial charge in [0.15, 0.2) is 6.29 Å². The number of hydrogen-bond donors (Lipinski definition) is 0. The van der Waals surface area contributed by atoms with E-state index in [1.54, 1.807) is 6.07 Å². The van der Waals surface area contributed by atoms with Crippen molar-refractivity contribution in [3.8, 4) is 5.75 Å². The lowest BCUT2D eigenvalue weighted by Gasteiger charge is -2.32. The molecule has 0 N–H and O–H groups in total. The molecule has 102 valence electrons. The second-order valence-electron chi connectivity index (χ2n) is 5.67. The number of benzene rings is 1. The van der Waals surface area contributed by atoms with Gasteiger partial charge in [-0.25, -0.2) is 0 Å². The van der Waals surface area contributed by atoms with Crippen LogP contribution in [0.2, 0.25) is 0 Å². The highest BCUT2D eigenvalue weighted by atomic mass is 16.7. The van der Waals surface area contributed by atoms with Gasteiger partial charge in [-0.2, -0.15) is 0 Å². The SMILES string of the molecule is COc1cccc(B2OC(C)(C)C(C)(C)O2)c1C=O. The van der Waals surface area contributed by atoms with Gasteiger partial charge in [-0.3, -0.25) is 4.79 Å². The molecule has 1 heterocycles. The third kappa shape index (κ3) is 2.28. The normalized spacial score (nSPS) is 20.4. The summed E-state index contributed by atoms with van der Waals surface area (Å²) in [6, 6.07) is 5.40. The van der Waals surface area contributed by atoms with Crippen LogP contribution in [0, 0.1) is 0 Å². The van der Waals surface area contributed by atoms with E-state index in [2.05, 4.69) is 0 Å². The molecule has 0 unspecified atom stereocenters. The number of aldehydes is 1. The summed E-state index contributed by atoms with van der Waals surface area (Å²) in [4.78, 5) is 11.3. The molecule has 1 saturated heterocycles. The van der Waals surface area contributed by atoms with E-state index >= 15 is 0 Å². The molecule has 0 aromatic heterocycles. The van der Waals surface area contributed by atoms with Crippen molar-refractivity contribution >= 4 is 18.9 Å². The Balaban J connectivity index is 2.42. The lowest BCUT2D eigenvalue weighted by Crippen LogP contribution is -2.41. The first kappa shape index (κ1) is 14.1. The van der Waals surface area contributed by atoms with Crippen molar-refractivity contribution in [3.63, 3.8) is 0 Å². The van der Waals surface area contributed by atoms with Gasteiger partial charge in [0, 0.05) is 0 Å². The number of rotatable bonds is 3. The van der Waals surface area contributed by atoms with Crippen LogP contribution >= 0.6 is 0 Å². The quantitative estimate of drug-likeness (QED) is 0.615. The Hall–Kier alpha value is -1.33. The minimum absolute atomic E-state index is 0.430. The van der Waals surface area contributed by atoms with Gasteiger partial charge >= 0.3 is 7.12 Å². The molecule has 1 aliphatic rings. The Morgan fingerprint density at radius 2 is 1.74 bits per heavy atom. The standard InChI is InChI=1S/C14H19BO4/c1-13(2)14(3,4)19-15(18-13)11-7-6-8-12(17-5)10(11)9-16/h6-9H,1-5H3. The fraction of sp³-hybridized carbons (Fsp3) is 0.500. The van der Waals surface area contributed by atoms with Gasteiger partial charge in [-0.1, -0.05) is 12.1 Å². The summed E-state index contributed by atoms with van der Waals surface area (Å²) >= 11 is 0. The van der Waals surface area contributed by atoms with Crippen molar-refractivity contribution in [1.29, 1.82) is 0 Å². The van der Waals surface area contributed by atoms with E-state index in [4.69, 9.17) is 14.0 Å². The minimum Gasteiger partial charge on any atom is -0.496 e. The largest absolute Gasteiger partial charge is 0.496 e. The average molecular weight is 262 g/mol. The number of hydrogen-bond acceptors (Lipinski definition) is 4. The fourth-order valence-electron chi connectivity index (χ4n) is 2.04. The first-order valence-electron chi connectivity index (χ1n) is 6.30. The number of carbonyl (C=O) groups excluding carboxylic acids is 1. The second-order valence-corrected chi connectivity index (χ2v) is 5.67. The molecule has 1 aromatic rings. The van der Waals surface area contributed by atoms with E-state index in [1.165, 1.54) is 7.11 Å². The molecule has 0 saturated carbocycles. The van der Waals surface area contributed by atoms with E-state index < -0.39 is 18.3 Å². The summed E-state index contributed by atoms with van der Waals surface area (Å²) in [6.45, 7) is 7.92. The van der Waals surface area contributed by atoms with Crippen LogP contribution in [-0.4, -0.2) is 31.7 Å². The average Bonchev–Trinajstić information content (AvgIpc) is 2.57. The topological polar surface area (TPSA) is 44.8 Å². The maximum atomic E-state index is 11.3. The van der Waals surface area contributed by atoms with Crippen LogP contribution in [0.5, 0.6) is 5.75 Å². The fourth-order valence-corrected chi connectivity index (χ4v) is 2.04. The second kappa shape index (κ2) is 4.65. The van der Waals surface area contributed by atoms with Gasteiger partial charge in [0.05, 0.1) is 23.9 Å². The van der Waals surface area contributed by atoms with Crippen LogP contribution in [0.15, 0.2) is 18.2 Å². The van der Waals surface area contributed by atoms with Gasteiger partial charge in [0.2, 0.25) is 0 Å². The van der Waals surface area contributed by atoms with Gasteiger partial charge in [0.1, 0.15) is 5.75 Å². The van der Waals surface area contributed by atoms with Gasteiger partial charge in [-0.15, -0.1) is 0 Å². The summed E-state index contributed by atoms with van der Waals surface area (Å²) in [5.41, 5.74) is 0.318. The first-order chi connectivity index (χ1) is 8.82. The predicted octanol–water partition coefficient (Wildman–Crippen LogP) is 1.81. The summed E-state index contributed by atoms with van der Waals surface area (Å²) in [5.74, 6) is 0.530. The number of carbonyl (C=O) groups is 1. The van der Waals surface area contributed by atoms with E-state index in [0.29, 0.717) is 16.8 Å². The third-order valence-electron chi connectivity index (χ3n) is 3.94. The lowest BCUT2D eigenvalue weighted by molar-refractivity contribution is 0.00578. The summed E-state index contributed by atoms with van der Waals surface area (Å²) in [5, 5.41) is 0. The third-order valence-corrected chi connectivity index (χ3v) is 3.94. The van der Waals surface area contributed by atoms with E-state index in [-0.39, 0.29) is 0 Å². The van der Waals surface area contributed by atoms with Crippen molar-refractivity contribution in [3.05, 3.63) is 23.8 Å². The Morgan fingerprint density at radius 1 is 1.16 bits per heavy atom. The highest BCUT2D eigenvalue weighted by molar-refractivity contribution is 6.63. The lowest BCUT2D eigenvalue weighted by atomic mass is 9.76. The smallest absolute Gasteiger partial charge is 0.495 e. The Kier molecular flexibility index (Phi) is 3.45. The van der Waals surface area contributed by atoms with Crippen molar-refractivity contribution in [1.82, 2.24) is 0 Å². The van der Waals surface area contributed by atoms with Crippen molar-refractivity contribution in [2.75, 3.05) is 7.11 Å². The molecule has 19 heavy (non-hydrogen) atoms. The molecule has 1 aromatic carbocycles. The molecule has 4 nitrogen and oxygen atoms in total. The molecule has 0 bridgehead atoms. The van der Waals surface area contributed by atoms with E-state index in [1.807, 2.05) is 39.8 Å². The van der Waals surface area contributed by atoms with Crippen LogP contribution in [0.3, 0.4) is 0 Å². The number of methoxy groups -OCH3 is 1. The van der Waals surface area contributed by atoms with E-state index in [0.717, 1.165) is 6.29 Å². The molecule has 5 heteroatoms. The van der Waals surface area contributed by atoms with Crippen LogP contribution < -0.4 is 10.2 Å². The highest BCUT2D eigenvalue weighted by Crippen LogP contribution is 2.37. The monoisotopic (exact) mass is 262 g/mol. The summed E-state index contributed by atoms with van der Waals surface area (Å²) in [7, 11) is 0.983. The van der Waals surface area contributed by atoms with Gasteiger partial charge in [-0.05, 0) is 39.2 Å². The van der Waals surface area contributed by atoms with Gasteiger partial charge < -0.3 is 14.0 Å². The summed E-state index contributed by atoms with van der Waals surface area (Å²) < 4.78 is 17.1. The Labute approximate surface area is 114 Å². The predicted molar refractivity (Wildman–Crippen MR) is 74.1 cm³/mol. The minimum atomic E-state index is -0.555. The zero-order valence-electron chi connectivity index (χ0n) is 12.0. The van der Waals surface area contributed by atoms with Crippen LogP contribution in [0.4, 0.5) is 0 Å². The molecule has 0 radical (unpaired) electrons. The Bertz CT molecular complexity index is 480. The zero-order chi connectivity index (χ0) is 14.3. The molecular weight excluding hydrogens is 243 g/mol. The highest BCUT2D eigenvalue weighted by Gasteiger charge is 2.52. The molecule has 2 rings (SSSR count). The first-order valence-corrected chi connectivity index (χ1v) is 6.30. The molecule has 0 atom stereocenters. The van der Waals surface area contributed by atoms with Crippen LogP contribution in [0.1, 0.15) is 38.1 Å². The molecule has 0 aliphatic carbocycles. The van der Waals surface area contributed by atoms with Crippen LogP contribution in [0.25, 0.3) is 0 Å². The molecule has 1 aliphatic heterocycles. The molecule has 1 fully saturated rings. The van der Waals surface area contributed by atoms with Crippen molar-refractivity contribution in [2.24, 2.45) is 0 Å².